The third kappa shape index (κ3) is 3.21. The Balaban J connectivity index is 2.43. The van der Waals surface area contributed by atoms with Crippen molar-refractivity contribution in [3.8, 4) is 0 Å². The quantitative estimate of drug-likeness (QED) is 0.486. The zero-order chi connectivity index (χ0) is 15.6. The highest BCUT2D eigenvalue weighted by Crippen LogP contribution is 2.31. The van der Waals surface area contributed by atoms with Gasteiger partial charge in [-0.2, -0.15) is 0 Å². The Morgan fingerprint density at radius 1 is 1.10 bits per heavy atom. The van der Waals surface area contributed by atoms with Crippen LogP contribution in [0.15, 0.2) is 40.9 Å². The number of benzene rings is 1. The molecule has 5 nitrogen and oxygen atoms in total. The number of ether oxygens (including phenoxy) is 2. The fraction of sp³-hybridized carbons (Fsp3) is 0.333. The molecule has 112 valence electrons. The summed E-state index contributed by atoms with van der Waals surface area (Å²) in [5.74, 6) is -2.56. The van der Waals surface area contributed by atoms with Crippen molar-refractivity contribution in [1.82, 2.24) is 0 Å². The standard InChI is InChI=1S/C15H17NO4S/c1-15(2)19-13(17)11(14(18)20-15)12(21-4)16(3)10-8-6-5-7-9-10/h5-9H,1-4H3. The first-order valence-electron chi connectivity index (χ1n) is 6.39. The molecule has 0 bridgehead atoms. The number of carbonyl (C=O) groups is 2. The van der Waals surface area contributed by atoms with E-state index in [1.165, 1.54) is 25.6 Å². The molecule has 1 aromatic carbocycles. The summed E-state index contributed by atoms with van der Waals surface area (Å²) in [7, 11) is 1.79. The Kier molecular flexibility index (Phi) is 4.27. The topological polar surface area (TPSA) is 55.8 Å². The number of anilines is 1. The molecule has 0 radical (unpaired) electrons. The Morgan fingerprint density at radius 3 is 2.10 bits per heavy atom. The van der Waals surface area contributed by atoms with E-state index in [0.29, 0.717) is 5.03 Å². The molecule has 1 aliphatic heterocycles. The van der Waals surface area contributed by atoms with E-state index in [4.69, 9.17) is 9.47 Å². The Hall–Kier alpha value is -1.95. The van der Waals surface area contributed by atoms with Gasteiger partial charge >= 0.3 is 11.9 Å². The van der Waals surface area contributed by atoms with Crippen LogP contribution in [0.5, 0.6) is 0 Å². The highest BCUT2D eigenvalue weighted by molar-refractivity contribution is 8.02. The number of para-hydroxylation sites is 1. The van der Waals surface area contributed by atoms with Gasteiger partial charge in [-0.05, 0) is 18.4 Å². The summed E-state index contributed by atoms with van der Waals surface area (Å²) in [6, 6.07) is 9.44. The van der Waals surface area contributed by atoms with Crippen LogP contribution in [0.2, 0.25) is 0 Å². The van der Waals surface area contributed by atoms with Gasteiger partial charge in [-0.3, -0.25) is 0 Å². The highest BCUT2D eigenvalue weighted by atomic mass is 32.2. The Morgan fingerprint density at radius 2 is 1.62 bits per heavy atom. The molecule has 1 saturated heterocycles. The Bertz CT molecular complexity index is 573. The van der Waals surface area contributed by atoms with Crippen LogP contribution in [0.25, 0.3) is 0 Å². The maximum atomic E-state index is 12.1. The van der Waals surface area contributed by atoms with E-state index in [0.717, 1.165) is 5.69 Å². The minimum absolute atomic E-state index is 0.0758. The number of thioether (sulfide) groups is 1. The van der Waals surface area contributed by atoms with Crippen LogP contribution in [0.4, 0.5) is 5.69 Å². The molecule has 0 aromatic heterocycles. The largest absolute Gasteiger partial charge is 0.419 e. The molecule has 0 N–H and O–H groups in total. The lowest BCUT2D eigenvalue weighted by atomic mass is 10.2. The van der Waals surface area contributed by atoms with Crippen molar-refractivity contribution < 1.29 is 19.1 Å². The van der Waals surface area contributed by atoms with Crippen molar-refractivity contribution in [3.63, 3.8) is 0 Å². The van der Waals surface area contributed by atoms with Crippen LogP contribution in [-0.2, 0) is 19.1 Å². The molecule has 6 heteroatoms. The summed E-state index contributed by atoms with van der Waals surface area (Å²) in [6.45, 7) is 3.05. The number of rotatable bonds is 3. The number of esters is 2. The van der Waals surface area contributed by atoms with E-state index in [9.17, 15) is 9.59 Å². The SMILES string of the molecule is CSC(=C1C(=O)OC(C)(C)OC1=O)N(C)c1ccccc1. The zero-order valence-electron chi connectivity index (χ0n) is 12.4. The fourth-order valence-electron chi connectivity index (χ4n) is 2.00. The molecule has 0 spiro atoms. The van der Waals surface area contributed by atoms with Crippen molar-refractivity contribution >= 4 is 29.4 Å². The van der Waals surface area contributed by atoms with Crippen molar-refractivity contribution in [2.24, 2.45) is 0 Å². The first kappa shape index (κ1) is 15.4. The minimum Gasteiger partial charge on any atom is -0.419 e. The molecule has 0 aliphatic carbocycles. The van der Waals surface area contributed by atoms with Gasteiger partial charge in [0, 0.05) is 26.6 Å². The monoisotopic (exact) mass is 307 g/mol. The van der Waals surface area contributed by atoms with Crippen molar-refractivity contribution in [1.29, 1.82) is 0 Å². The molecule has 1 fully saturated rings. The number of cyclic esters (lactones) is 2. The average molecular weight is 307 g/mol. The molecule has 0 atom stereocenters. The van der Waals surface area contributed by atoms with Gasteiger partial charge in [0.15, 0.2) is 5.57 Å². The second kappa shape index (κ2) is 5.81. The number of nitrogens with zero attached hydrogens (tertiary/aromatic N) is 1. The lowest BCUT2D eigenvalue weighted by Gasteiger charge is -2.32. The molecular weight excluding hydrogens is 290 g/mol. The lowest BCUT2D eigenvalue weighted by molar-refractivity contribution is -0.222. The van der Waals surface area contributed by atoms with Crippen LogP contribution in [0, 0.1) is 0 Å². The summed E-state index contributed by atoms with van der Waals surface area (Å²) in [5, 5.41) is 0.492. The third-order valence-electron chi connectivity index (χ3n) is 2.94. The van der Waals surface area contributed by atoms with Gasteiger partial charge in [0.2, 0.25) is 0 Å². The van der Waals surface area contributed by atoms with E-state index < -0.39 is 17.7 Å². The fourth-order valence-corrected chi connectivity index (χ4v) is 2.75. The second-order valence-electron chi connectivity index (χ2n) is 4.96. The van der Waals surface area contributed by atoms with Gasteiger partial charge in [0.1, 0.15) is 0 Å². The first-order valence-corrected chi connectivity index (χ1v) is 7.62. The van der Waals surface area contributed by atoms with Crippen molar-refractivity contribution in [2.45, 2.75) is 19.6 Å². The molecule has 1 aliphatic rings. The van der Waals surface area contributed by atoms with Gasteiger partial charge in [0.25, 0.3) is 5.79 Å². The van der Waals surface area contributed by atoms with Gasteiger partial charge < -0.3 is 14.4 Å². The minimum atomic E-state index is -1.23. The second-order valence-corrected chi connectivity index (χ2v) is 5.75. The average Bonchev–Trinajstić information content (AvgIpc) is 2.42. The summed E-state index contributed by atoms with van der Waals surface area (Å²) in [6.07, 6.45) is 1.79. The maximum absolute atomic E-state index is 12.1. The third-order valence-corrected chi connectivity index (χ3v) is 3.81. The first-order chi connectivity index (χ1) is 9.85. The van der Waals surface area contributed by atoms with Crippen molar-refractivity contribution in [2.75, 3.05) is 18.2 Å². The molecule has 0 saturated carbocycles. The van der Waals surface area contributed by atoms with Crippen LogP contribution in [0.3, 0.4) is 0 Å². The van der Waals surface area contributed by atoms with Crippen LogP contribution in [0.1, 0.15) is 13.8 Å². The summed E-state index contributed by atoms with van der Waals surface area (Å²) >= 11 is 1.29. The highest BCUT2D eigenvalue weighted by Gasteiger charge is 2.41. The van der Waals surface area contributed by atoms with Crippen LogP contribution in [-0.4, -0.2) is 31.0 Å². The molecule has 1 heterocycles. The normalized spacial score (nSPS) is 17.0. The summed E-state index contributed by atoms with van der Waals surface area (Å²) in [5.41, 5.74) is 0.785. The van der Waals surface area contributed by atoms with Gasteiger partial charge in [0.05, 0.1) is 5.03 Å². The molecule has 1 aromatic rings. The number of hydrogen-bond acceptors (Lipinski definition) is 6. The summed E-state index contributed by atoms with van der Waals surface area (Å²) in [4.78, 5) is 26.0. The van der Waals surface area contributed by atoms with E-state index in [1.54, 1.807) is 18.2 Å². The van der Waals surface area contributed by atoms with E-state index in [2.05, 4.69) is 0 Å². The van der Waals surface area contributed by atoms with E-state index in [-0.39, 0.29) is 5.57 Å². The maximum Gasteiger partial charge on any atom is 0.351 e. The van der Waals surface area contributed by atoms with E-state index in [1.807, 2.05) is 30.3 Å². The molecule has 0 unspecified atom stereocenters. The van der Waals surface area contributed by atoms with Gasteiger partial charge in [-0.1, -0.05) is 18.2 Å². The molecule has 21 heavy (non-hydrogen) atoms. The molecule has 0 amide bonds. The van der Waals surface area contributed by atoms with Gasteiger partial charge in [-0.15, -0.1) is 11.8 Å². The Labute approximate surface area is 127 Å². The summed E-state index contributed by atoms with van der Waals surface area (Å²) < 4.78 is 10.3. The predicted molar refractivity (Wildman–Crippen MR) is 81.6 cm³/mol. The van der Waals surface area contributed by atoms with E-state index >= 15 is 0 Å². The van der Waals surface area contributed by atoms with Crippen LogP contribution >= 0.6 is 11.8 Å². The smallest absolute Gasteiger partial charge is 0.351 e. The lowest BCUT2D eigenvalue weighted by Crippen LogP contribution is -2.43. The number of hydrogen-bond donors (Lipinski definition) is 0. The molecule has 2 rings (SSSR count). The predicted octanol–water partition coefficient (Wildman–Crippen LogP) is 2.53. The van der Waals surface area contributed by atoms with Crippen LogP contribution < -0.4 is 4.90 Å². The molecular formula is C15H17NO4S. The number of carbonyl (C=O) groups excluding carboxylic acids is 2. The van der Waals surface area contributed by atoms with Crippen molar-refractivity contribution in [3.05, 3.63) is 40.9 Å². The van der Waals surface area contributed by atoms with Gasteiger partial charge in [-0.25, -0.2) is 9.59 Å². The zero-order valence-corrected chi connectivity index (χ0v) is 13.2.